The van der Waals surface area contributed by atoms with Crippen molar-refractivity contribution >= 4 is 5.97 Å². The summed E-state index contributed by atoms with van der Waals surface area (Å²) in [5.74, 6) is -2.39. The third-order valence-electron chi connectivity index (χ3n) is 2.20. The topological polar surface area (TPSA) is 46.5 Å². The van der Waals surface area contributed by atoms with Crippen LogP contribution in [0.2, 0.25) is 0 Å². The summed E-state index contributed by atoms with van der Waals surface area (Å²) in [6, 6.07) is 8.65. The van der Waals surface area contributed by atoms with Crippen LogP contribution in [0.1, 0.15) is 10.4 Å². The Kier molecular flexibility index (Phi) is 3.23. The molecule has 92 valence electrons. The highest BCUT2D eigenvalue weighted by atomic mass is 19.1. The Morgan fingerprint density at radius 2 is 1.78 bits per heavy atom. The van der Waals surface area contributed by atoms with Gasteiger partial charge in [-0.15, -0.1) is 0 Å². The first-order valence-electron chi connectivity index (χ1n) is 5.02. The number of carboxylic acids is 1. The van der Waals surface area contributed by atoms with Gasteiger partial charge in [0.2, 0.25) is 0 Å². The molecule has 3 nitrogen and oxygen atoms in total. The number of aromatic carboxylic acids is 1. The third-order valence-corrected chi connectivity index (χ3v) is 2.20. The minimum Gasteiger partial charge on any atom is -0.478 e. The molecule has 0 radical (unpaired) electrons. The van der Waals surface area contributed by atoms with Crippen LogP contribution in [0.25, 0.3) is 0 Å². The second-order valence-corrected chi connectivity index (χ2v) is 3.51. The highest BCUT2D eigenvalue weighted by Crippen LogP contribution is 2.24. The molecule has 0 amide bonds. The first-order chi connectivity index (χ1) is 8.56. The summed E-state index contributed by atoms with van der Waals surface area (Å²) in [4.78, 5) is 10.7. The number of hydrogen-bond acceptors (Lipinski definition) is 2. The fourth-order valence-corrected chi connectivity index (χ4v) is 1.40. The lowest BCUT2D eigenvalue weighted by molar-refractivity contribution is 0.0691. The van der Waals surface area contributed by atoms with Crippen molar-refractivity contribution in [3.05, 3.63) is 59.7 Å². The summed E-state index contributed by atoms with van der Waals surface area (Å²) < 4.78 is 31.3. The van der Waals surface area contributed by atoms with E-state index in [0.29, 0.717) is 0 Å². The quantitative estimate of drug-likeness (QED) is 0.907. The van der Waals surface area contributed by atoms with Gasteiger partial charge in [-0.1, -0.05) is 6.07 Å². The Morgan fingerprint density at radius 1 is 1.06 bits per heavy atom. The van der Waals surface area contributed by atoms with E-state index in [0.717, 1.165) is 18.2 Å². The molecule has 0 aliphatic heterocycles. The maximum Gasteiger partial charge on any atom is 0.338 e. The second-order valence-electron chi connectivity index (χ2n) is 3.51. The van der Waals surface area contributed by atoms with Crippen molar-refractivity contribution in [2.75, 3.05) is 0 Å². The minimum absolute atomic E-state index is 0.124. The molecule has 0 saturated heterocycles. The SMILES string of the molecule is O=C(O)c1cc(Oc2cccc(F)c2)ccc1F. The van der Waals surface area contributed by atoms with Gasteiger partial charge in [0.05, 0.1) is 5.56 Å². The van der Waals surface area contributed by atoms with Crippen LogP contribution in [0.15, 0.2) is 42.5 Å². The predicted octanol–water partition coefficient (Wildman–Crippen LogP) is 3.46. The lowest BCUT2D eigenvalue weighted by Crippen LogP contribution is -2.00. The summed E-state index contributed by atoms with van der Waals surface area (Å²) >= 11 is 0. The molecule has 0 fully saturated rings. The van der Waals surface area contributed by atoms with Gasteiger partial charge in [-0.25, -0.2) is 13.6 Å². The summed E-state index contributed by atoms with van der Waals surface area (Å²) in [5, 5.41) is 8.74. The average Bonchev–Trinajstić information content (AvgIpc) is 2.31. The lowest BCUT2D eigenvalue weighted by atomic mass is 10.2. The Labute approximate surface area is 101 Å². The largest absolute Gasteiger partial charge is 0.478 e. The first-order valence-corrected chi connectivity index (χ1v) is 5.02. The molecule has 0 bridgehead atoms. The van der Waals surface area contributed by atoms with Crippen molar-refractivity contribution in [3.8, 4) is 11.5 Å². The van der Waals surface area contributed by atoms with E-state index in [2.05, 4.69) is 0 Å². The Hall–Kier alpha value is -2.43. The molecule has 2 aromatic carbocycles. The zero-order valence-corrected chi connectivity index (χ0v) is 9.06. The fourth-order valence-electron chi connectivity index (χ4n) is 1.40. The molecule has 0 aliphatic rings. The molecule has 5 heteroatoms. The van der Waals surface area contributed by atoms with Crippen LogP contribution >= 0.6 is 0 Å². The second kappa shape index (κ2) is 4.83. The molecular formula is C13H8F2O3. The summed E-state index contributed by atoms with van der Waals surface area (Å²) in [6.07, 6.45) is 0. The van der Waals surface area contributed by atoms with Crippen molar-refractivity contribution in [3.63, 3.8) is 0 Å². The highest BCUT2D eigenvalue weighted by molar-refractivity contribution is 5.88. The van der Waals surface area contributed by atoms with Gasteiger partial charge in [-0.3, -0.25) is 0 Å². The Balaban J connectivity index is 2.30. The van der Waals surface area contributed by atoms with E-state index in [4.69, 9.17) is 9.84 Å². The number of carboxylic acid groups (broad SMARTS) is 1. The van der Waals surface area contributed by atoms with Crippen LogP contribution in [0.5, 0.6) is 11.5 Å². The van der Waals surface area contributed by atoms with Crippen LogP contribution in [0.3, 0.4) is 0 Å². The third kappa shape index (κ3) is 2.63. The van der Waals surface area contributed by atoms with Gasteiger partial charge in [-0.05, 0) is 30.3 Å². The molecule has 0 aliphatic carbocycles. The maximum atomic E-state index is 13.1. The van der Waals surface area contributed by atoms with Crippen LogP contribution in [-0.2, 0) is 0 Å². The van der Waals surface area contributed by atoms with Gasteiger partial charge in [-0.2, -0.15) is 0 Å². The van der Waals surface area contributed by atoms with Crippen molar-refractivity contribution < 1.29 is 23.4 Å². The fraction of sp³-hybridized carbons (Fsp3) is 0. The molecule has 2 aromatic rings. The van der Waals surface area contributed by atoms with Crippen molar-refractivity contribution in [1.82, 2.24) is 0 Å². The zero-order valence-electron chi connectivity index (χ0n) is 9.06. The van der Waals surface area contributed by atoms with E-state index < -0.39 is 23.2 Å². The van der Waals surface area contributed by atoms with E-state index in [9.17, 15) is 13.6 Å². The molecule has 0 aromatic heterocycles. The number of benzene rings is 2. The molecular weight excluding hydrogens is 242 g/mol. The monoisotopic (exact) mass is 250 g/mol. The molecule has 2 rings (SSSR count). The molecule has 0 heterocycles. The molecule has 18 heavy (non-hydrogen) atoms. The van der Waals surface area contributed by atoms with Gasteiger partial charge >= 0.3 is 5.97 Å². The number of carbonyl (C=O) groups is 1. The molecule has 0 unspecified atom stereocenters. The van der Waals surface area contributed by atoms with Crippen molar-refractivity contribution in [1.29, 1.82) is 0 Å². The summed E-state index contributed by atoms with van der Waals surface area (Å²) in [6.45, 7) is 0. The van der Waals surface area contributed by atoms with Gasteiger partial charge < -0.3 is 9.84 Å². The van der Waals surface area contributed by atoms with E-state index >= 15 is 0 Å². The van der Waals surface area contributed by atoms with Gasteiger partial charge in [0.1, 0.15) is 23.1 Å². The maximum absolute atomic E-state index is 13.1. The first kappa shape index (κ1) is 12.0. The lowest BCUT2D eigenvalue weighted by Gasteiger charge is -2.06. The van der Waals surface area contributed by atoms with E-state index in [1.54, 1.807) is 0 Å². The average molecular weight is 250 g/mol. The molecule has 1 N–H and O–H groups in total. The molecule has 0 atom stereocenters. The van der Waals surface area contributed by atoms with Crippen molar-refractivity contribution in [2.45, 2.75) is 0 Å². The van der Waals surface area contributed by atoms with Crippen LogP contribution in [-0.4, -0.2) is 11.1 Å². The molecule has 0 saturated carbocycles. The van der Waals surface area contributed by atoms with Crippen LogP contribution < -0.4 is 4.74 Å². The Morgan fingerprint density at radius 3 is 2.44 bits per heavy atom. The number of halogens is 2. The summed E-state index contributed by atoms with van der Waals surface area (Å²) in [5.41, 5.74) is -0.496. The number of rotatable bonds is 3. The van der Waals surface area contributed by atoms with Crippen LogP contribution in [0, 0.1) is 11.6 Å². The van der Waals surface area contributed by atoms with Gasteiger partial charge in [0, 0.05) is 6.07 Å². The van der Waals surface area contributed by atoms with Gasteiger partial charge in [0.15, 0.2) is 0 Å². The number of hydrogen-bond donors (Lipinski definition) is 1. The zero-order chi connectivity index (χ0) is 13.1. The minimum atomic E-state index is -1.39. The highest BCUT2D eigenvalue weighted by Gasteiger charge is 2.11. The summed E-state index contributed by atoms with van der Waals surface area (Å²) in [7, 11) is 0. The van der Waals surface area contributed by atoms with Gasteiger partial charge in [0.25, 0.3) is 0 Å². The smallest absolute Gasteiger partial charge is 0.338 e. The van der Waals surface area contributed by atoms with Crippen LogP contribution in [0.4, 0.5) is 8.78 Å². The normalized spacial score (nSPS) is 10.1. The Bertz CT molecular complexity index is 597. The standard InChI is InChI=1S/C13H8F2O3/c14-8-2-1-3-9(6-8)18-10-4-5-12(15)11(7-10)13(16)17/h1-7H,(H,16,17). The number of ether oxygens (including phenoxy) is 1. The van der Waals surface area contributed by atoms with E-state index in [-0.39, 0.29) is 11.5 Å². The van der Waals surface area contributed by atoms with Crippen molar-refractivity contribution in [2.24, 2.45) is 0 Å². The predicted molar refractivity (Wildman–Crippen MR) is 59.8 cm³/mol. The molecule has 0 spiro atoms. The van der Waals surface area contributed by atoms with E-state index in [1.165, 1.54) is 24.3 Å². The van der Waals surface area contributed by atoms with E-state index in [1.807, 2.05) is 0 Å².